The zero-order valence-electron chi connectivity index (χ0n) is 12.2. The van der Waals surface area contributed by atoms with E-state index in [0.717, 1.165) is 30.7 Å². The van der Waals surface area contributed by atoms with Crippen molar-refractivity contribution in [3.05, 3.63) is 71.7 Å². The minimum Gasteiger partial charge on any atom is -0.312 e. The monoisotopic (exact) mass is 277 g/mol. The van der Waals surface area contributed by atoms with Gasteiger partial charge >= 0.3 is 0 Å². The zero-order valence-corrected chi connectivity index (χ0v) is 12.2. The molecular formula is C18H19N3. The van der Waals surface area contributed by atoms with E-state index < -0.39 is 0 Å². The van der Waals surface area contributed by atoms with E-state index in [4.69, 9.17) is 0 Å². The lowest BCUT2D eigenvalue weighted by molar-refractivity contribution is 0.686. The smallest absolute Gasteiger partial charge is 0.0734 e. The molecule has 21 heavy (non-hydrogen) atoms. The Balaban J connectivity index is 1.58. The molecule has 0 unspecified atom stereocenters. The van der Waals surface area contributed by atoms with Crippen LogP contribution in [0.2, 0.25) is 0 Å². The normalized spacial score (nSPS) is 10.9. The minimum absolute atomic E-state index is 0.853. The summed E-state index contributed by atoms with van der Waals surface area (Å²) in [4.78, 5) is 8.80. The van der Waals surface area contributed by atoms with Gasteiger partial charge in [0.05, 0.1) is 5.52 Å². The Hall–Kier alpha value is -2.26. The van der Waals surface area contributed by atoms with Crippen molar-refractivity contribution in [3.8, 4) is 0 Å². The first-order valence-corrected chi connectivity index (χ1v) is 7.28. The molecule has 106 valence electrons. The van der Waals surface area contributed by atoms with Gasteiger partial charge < -0.3 is 5.32 Å². The number of nitrogens with one attached hydrogen (secondary N) is 1. The number of rotatable bonds is 5. The summed E-state index contributed by atoms with van der Waals surface area (Å²) < 4.78 is 0. The van der Waals surface area contributed by atoms with Crippen molar-refractivity contribution in [2.45, 2.75) is 19.9 Å². The van der Waals surface area contributed by atoms with Crippen LogP contribution >= 0.6 is 0 Å². The minimum atomic E-state index is 0.853. The molecule has 2 heterocycles. The van der Waals surface area contributed by atoms with Crippen LogP contribution in [0.15, 0.2) is 54.9 Å². The summed E-state index contributed by atoms with van der Waals surface area (Å²) in [5, 5.41) is 4.67. The summed E-state index contributed by atoms with van der Waals surface area (Å²) in [5.74, 6) is 0. The van der Waals surface area contributed by atoms with E-state index in [2.05, 4.69) is 45.6 Å². The Bertz CT molecular complexity index is 715. The lowest BCUT2D eigenvalue weighted by Gasteiger charge is -2.07. The third-order valence-electron chi connectivity index (χ3n) is 3.59. The highest BCUT2D eigenvalue weighted by Gasteiger charge is 2.01. The van der Waals surface area contributed by atoms with Crippen LogP contribution in [-0.2, 0) is 13.0 Å². The number of fused-ring (bicyclic) bond motifs is 1. The molecule has 0 bridgehead atoms. The fourth-order valence-corrected chi connectivity index (χ4v) is 2.43. The number of aromatic nitrogens is 2. The summed E-state index contributed by atoms with van der Waals surface area (Å²) in [5.41, 5.74) is 4.68. The van der Waals surface area contributed by atoms with E-state index in [-0.39, 0.29) is 0 Å². The largest absolute Gasteiger partial charge is 0.312 e. The lowest BCUT2D eigenvalue weighted by Crippen LogP contribution is -2.17. The van der Waals surface area contributed by atoms with Crippen LogP contribution in [0.3, 0.4) is 0 Å². The van der Waals surface area contributed by atoms with Crippen molar-refractivity contribution in [1.82, 2.24) is 15.3 Å². The molecule has 0 saturated carbocycles. The van der Waals surface area contributed by atoms with Crippen LogP contribution in [0.4, 0.5) is 0 Å². The molecule has 0 saturated heterocycles. The van der Waals surface area contributed by atoms with E-state index in [0.29, 0.717) is 0 Å². The molecule has 1 N–H and O–H groups in total. The number of hydrogen-bond acceptors (Lipinski definition) is 3. The number of pyridine rings is 2. The molecule has 3 nitrogen and oxygen atoms in total. The molecule has 1 aromatic carbocycles. The van der Waals surface area contributed by atoms with Gasteiger partial charge in [-0.05, 0) is 43.1 Å². The first-order valence-electron chi connectivity index (χ1n) is 7.28. The Kier molecular flexibility index (Phi) is 4.22. The topological polar surface area (TPSA) is 37.8 Å². The predicted molar refractivity (Wildman–Crippen MR) is 86.1 cm³/mol. The van der Waals surface area contributed by atoms with Gasteiger partial charge in [0.25, 0.3) is 0 Å². The second kappa shape index (κ2) is 6.46. The molecule has 0 aliphatic carbocycles. The van der Waals surface area contributed by atoms with Crippen LogP contribution in [0.5, 0.6) is 0 Å². The van der Waals surface area contributed by atoms with Crippen molar-refractivity contribution in [1.29, 1.82) is 0 Å². The van der Waals surface area contributed by atoms with Gasteiger partial charge in [0.15, 0.2) is 0 Å². The van der Waals surface area contributed by atoms with Crippen LogP contribution in [-0.4, -0.2) is 16.5 Å². The van der Waals surface area contributed by atoms with Gasteiger partial charge in [-0.3, -0.25) is 9.97 Å². The van der Waals surface area contributed by atoms with E-state index >= 15 is 0 Å². The maximum atomic E-state index is 4.49. The molecule has 3 rings (SSSR count). The van der Waals surface area contributed by atoms with Gasteiger partial charge in [-0.15, -0.1) is 0 Å². The third-order valence-corrected chi connectivity index (χ3v) is 3.59. The van der Waals surface area contributed by atoms with Crippen LogP contribution in [0.1, 0.15) is 16.8 Å². The zero-order chi connectivity index (χ0) is 14.5. The maximum Gasteiger partial charge on any atom is 0.0734 e. The van der Waals surface area contributed by atoms with Gasteiger partial charge in [-0.2, -0.15) is 0 Å². The van der Waals surface area contributed by atoms with E-state index in [9.17, 15) is 0 Å². The summed E-state index contributed by atoms with van der Waals surface area (Å²) in [6, 6.07) is 14.6. The lowest BCUT2D eigenvalue weighted by atomic mass is 10.1. The molecule has 0 spiro atoms. The summed E-state index contributed by atoms with van der Waals surface area (Å²) in [6.07, 6.45) is 4.77. The highest BCUT2D eigenvalue weighted by molar-refractivity contribution is 5.81. The average molecular weight is 277 g/mol. The Morgan fingerprint density at radius 3 is 2.76 bits per heavy atom. The number of para-hydroxylation sites is 1. The Morgan fingerprint density at radius 1 is 1.00 bits per heavy atom. The van der Waals surface area contributed by atoms with Crippen molar-refractivity contribution in [2.75, 3.05) is 6.54 Å². The fourth-order valence-electron chi connectivity index (χ4n) is 2.43. The van der Waals surface area contributed by atoms with Crippen molar-refractivity contribution < 1.29 is 0 Å². The molecule has 0 atom stereocenters. The average Bonchev–Trinajstić information content (AvgIpc) is 2.53. The molecular weight excluding hydrogens is 258 g/mol. The number of nitrogens with zero attached hydrogens (tertiary/aromatic N) is 2. The third kappa shape index (κ3) is 3.44. The second-order valence-electron chi connectivity index (χ2n) is 5.23. The number of hydrogen-bond donors (Lipinski definition) is 1. The van der Waals surface area contributed by atoms with Crippen LogP contribution < -0.4 is 5.32 Å². The van der Waals surface area contributed by atoms with Crippen LogP contribution in [0.25, 0.3) is 10.9 Å². The molecule has 0 aliphatic rings. The first-order chi connectivity index (χ1) is 10.3. The summed E-state index contributed by atoms with van der Waals surface area (Å²) in [6.45, 7) is 3.79. The standard InChI is InChI=1S/C18H19N3/c1-14-7-8-15(13-21-14)12-19-11-9-17-5-2-4-16-6-3-10-20-18(16)17/h2-8,10,13,19H,9,11-12H2,1H3. The first kappa shape index (κ1) is 13.7. The molecule has 0 amide bonds. The summed E-state index contributed by atoms with van der Waals surface area (Å²) >= 11 is 0. The highest BCUT2D eigenvalue weighted by Crippen LogP contribution is 2.16. The van der Waals surface area contributed by atoms with Crippen molar-refractivity contribution in [2.24, 2.45) is 0 Å². The molecule has 0 radical (unpaired) electrons. The molecule has 2 aromatic heterocycles. The predicted octanol–water partition coefficient (Wildman–Crippen LogP) is 3.27. The molecule has 0 aliphatic heterocycles. The van der Waals surface area contributed by atoms with Gasteiger partial charge in [0.1, 0.15) is 0 Å². The fraction of sp³-hybridized carbons (Fsp3) is 0.222. The molecule has 3 heteroatoms. The number of aryl methyl sites for hydroxylation is 1. The van der Waals surface area contributed by atoms with Gasteiger partial charge in [-0.25, -0.2) is 0 Å². The van der Waals surface area contributed by atoms with Gasteiger partial charge in [-0.1, -0.05) is 30.3 Å². The summed E-state index contributed by atoms with van der Waals surface area (Å²) in [7, 11) is 0. The second-order valence-corrected chi connectivity index (χ2v) is 5.23. The van der Waals surface area contributed by atoms with Gasteiger partial charge in [0.2, 0.25) is 0 Å². The van der Waals surface area contributed by atoms with E-state index in [1.165, 1.54) is 16.5 Å². The SMILES string of the molecule is Cc1ccc(CNCCc2cccc3cccnc23)cn1. The van der Waals surface area contributed by atoms with E-state index in [1.807, 2.05) is 31.5 Å². The Morgan fingerprint density at radius 2 is 1.90 bits per heavy atom. The van der Waals surface area contributed by atoms with Crippen molar-refractivity contribution >= 4 is 10.9 Å². The molecule has 0 fully saturated rings. The van der Waals surface area contributed by atoms with Crippen LogP contribution in [0, 0.1) is 6.92 Å². The Labute approximate surface area is 125 Å². The maximum absolute atomic E-state index is 4.49. The quantitative estimate of drug-likeness (QED) is 0.727. The van der Waals surface area contributed by atoms with Gasteiger partial charge in [0, 0.05) is 30.0 Å². The molecule has 3 aromatic rings. The van der Waals surface area contributed by atoms with Crippen molar-refractivity contribution in [3.63, 3.8) is 0 Å². The van der Waals surface area contributed by atoms with E-state index in [1.54, 1.807) is 0 Å². The number of benzene rings is 1. The highest BCUT2D eigenvalue weighted by atomic mass is 14.8.